The fourth-order valence-corrected chi connectivity index (χ4v) is 5.16. The van der Waals surface area contributed by atoms with Gasteiger partial charge in [-0.2, -0.15) is 0 Å². The van der Waals surface area contributed by atoms with Gasteiger partial charge in [-0.25, -0.2) is 9.59 Å². The highest BCUT2D eigenvalue weighted by atomic mass is 16.6. The molecule has 8 heteroatoms. The molecule has 3 aromatic carbocycles. The molecule has 0 radical (unpaired) electrons. The van der Waals surface area contributed by atoms with Gasteiger partial charge in [0.05, 0.1) is 13.2 Å². The molecule has 0 saturated carbocycles. The van der Waals surface area contributed by atoms with E-state index in [4.69, 9.17) is 14.2 Å². The van der Waals surface area contributed by atoms with E-state index in [1.165, 1.54) is 0 Å². The first kappa shape index (κ1) is 31.8. The number of nitrogens with one attached hydrogen (secondary N) is 2. The third kappa shape index (κ3) is 8.91. The Bertz CT molecular complexity index is 1350. The van der Waals surface area contributed by atoms with E-state index in [9.17, 15) is 14.4 Å². The summed E-state index contributed by atoms with van der Waals surface area (Å²) in [7, 11) is 0. The van der Waals surface area contributed by atoms with Crippen LogP contribution in [0, 0.1) is 5.92 Å². The topological polar surface area (TPSA) is 103 Å². The molecule has 3 aromatic rings. The molecular weight excluding hydrogens is 544 g/mol. The van der Waals surface area contributed by atoms with E-state index in [1.54, 1.807) is 20.8 Å². The fourth-order valence-electron chi connectivity index (χ4n) is 5.16. The van der Waals surface area contributed by atoms with Crippen LogP contribution in [0.25, 0.3) is 11.1 Å². The van der Waals surface area contributed by atoms with Crippen LogP contribution in [0.1, 0.15) is 63.6 Å². The number of hydrogen-bond acceptors (Lipinski definition) is 6. The first-order valence-electron chi connectivity index (χ1n) is 14.8. The number of esters is 1. The Morgan fingerprint density at radius 3 is 1.95 bits per heavy atom. The molecule has 0 bridgehead atoms. The van der Waals surface area contributed by atoms with Crippen LogP contribution in [0.4, 0.5) is 4.79 Å². The molecule has 228 valence electrons. The molecule has 8 nitrogen and oxygen atoms in total. The first-order valence-corrected chi connectivity index (χ1v) is 14.8. The zero-order valence-corrected chi connectivity index (χ0v) is 25.6. The van der Waals surface area contributed by atoms with Crippen LogP contribution in [0.2, 0.25) is 0 Å². The van der Waals surface area contributed by atoms with Gasteiger partial charge in [0.25, 0.3) is 0 Å². The Morgan fingerprint density at radius 2 is 1.37 bits per heavy atom. The summed E-state index contributed by atoms with van der Waals surface area (Å²) in [6, 6.07) is 23.7. The average molecular weight is 587 g/mol. The molecule has 0 aromatic heterocycles. The van der Waals surface area contributed by atoms with Crippen LogP contribution >= 0.6 is 0 Å². The fraction of sp³-hybridized carbons (Fsp3) is 0.400. The summed E-state index contributed by atoms with van der Waals surface area (Å²) in [6.07, 6.45) is -0.369. The third-order valence-electron chi connectivity index (χ3n) is 7.06. The van der Waals surface area contributed by atoms with Crippen molar-refractivity contribution in [2.75, 3.05) is 13.2 Å². The first-order chi connectivity index (χ1) is 20.5. The molecule has 0 heterocycles. The summed E-state index contributed by atoms with van der Waals surface area (Å²) in [4.78, 5) is 39.5. The Hall–Kier alpha value is -4.17. The van der Waals surface area contributed by atoms with Crippen LogP contribution in [-0.4, -0.2) is 48.9 Å². The molecule has 0 aliphatic heterocycles. The average Bonchev–Trinajstić information content (AvgIpc) is 3.28. The van der Waals surface area contributed by atoms with Gasteiger partial charge in [-0.3, -0.25) is 4.79 Å². The van der Waals surface area contributed by atoms with Gasteiger partial charge >= 0.3 is 12.1 Å². The van der Waals surface area contributed by atoms with Crippen LogP contribution < -0.4 is 10.6 Å². The summed E-state index contributed by atoms with van der Waals surface area (Å²) < 4.78 is 17.1. The minimum absolute atomic E-state index is 0.104. The van der Waals surface area contributed by atoms with Crippen molar-refractivity contribution < 1.29 is 28.6 Å². The monoisotopic (exact) mass is 586 g/mol. The lowest BCUT2D eigenvalue weighted by Gasteiger charge is -2.27. The smallest absolute Gasteiger partial charge is 0.407 e. The second-order valence-electron chi connectivity index (χ2n) is 12.2. The van der Waals surface area contributed by atoms with Crippen molar-refractivity contribution in [1.82, 2.24) is 10.6 Å². The molecule has 0 fully saturated rings. The molecule has 2 N–H and O–H groups in total. The van der Waals surface area contributed by atoms with Gasteiger partial charge in [0.1, 0.15) is 24.3 Å². The highest BCUT2D eigenvalue weighted by Crippen LogP contribution is 2.44. The van der Waals surface area contributed by atoms with Crippen molar-refractivity contribution in [2.24, 2.45) is 5.92 Å². The predicted octanol–water partition coefficient (Wildman–Crippen LogP) is 5.98. The lowest BCUT2D eigenvalue weighted by molar-refractivity contribution is -0.159. The van der Waals surface area contributed by atoms with Crippen molar-refractivity contribution in [1.29, 1.82) is 0 Å². The van der Waals surface area contributed by atoms with Gasteiger partial charge in [-0.05, 0) is 60.9 Å². The molecule has 2 atom stereocenters. The van der Waals surface area contributed by atoms with Gasteiger partial charge in [0.2, 0.25) is 5.91 Å². The summed E-state index contributed by atoms with van der Waals surface area (Å²) >= 11 is 0. The van der Waals surface area contributed by atoms with E-state index in [0.717, 1.165) is 27.8 Å². The molecule has 0 spiro atoms. The molecular formula is C35H42N2O6. The molecule has 4 rings (SSSR count). The summed E-state index contributed by atoms with van der Waals surface area (Å²) in [5, 5.41) is 5.45. The minimum atomic E-state index is -1.10. The van der Waals surface area contributed by atoms with Gasteiger partial charge in [0, 0.05) is 5.92 Å². The Balaban J connectivity index is 1.45. The normalized spacial score (nSPS) is 13.9. The zero-order valence-electron chi connectivity index (χ0n) is 25.6. The second-order valence-corrected chi connectivity index (χ2v) is 12.2. The van der Waals surface area contributed by atoms with Crippen molar-refractivity contribution in [2.45, 2.75) is 71.2 Å². The number of hydrogen-bond donors (Lipinski definition) is 2. The van der Waals surface area contributed by atoms with E-state index in [2.05, 4.69) is 22.8 Å². The molecule has 0 unspecified atom stereocenters. The molecule has 43 heavy (non-hydrogen) atoms. The maximum atomic E-state index is 13.5. The highest BCUT2D eigenvalue weighted by molar-refractivity contribution is 5.90. The van der Waals surface area contributed by atoms with Crippen LogP contribution in [-0.2, 0) is 30.4 Å². The number of benzene rings is 3. The number of rotatable bonds is 12. The number of alkyl carbamates (subject to hydrolysis) is 1. The molecule has 0 saturated heterocycles. The SMILES string of the molecule is CC(C)C[C@H](NC(=O)[C@H](COCc1ccccc1)NC(=O)OCC1c2ccccc2-c2ccccc21)C(=O)OC(C)(C)C. The zero-order chi connectivity index (χ0) is 31.0. The number of carbonyl (C=O) groups excluding carboxylic acids is 3. The number of fused-ring (bicyclic) bond motifs is 3. The summed E-state index contributed by atoms with van der Waals surface area (Å²) in [5.74, 6) is -1.10. The van der Waals surface area contributed by atoms with Crippen molar-refractivity contribution in [3.05, 3.63) is 95.6 Å². The lowest BCUT2D eigenvalue weighted by atomic mass is 9.98. The van der Waals surface area contributed by atoms with E-state index >= 15 is 0 Å². The van der Waals surface area contributed by atoms with Gasteiger partial charge < -0.3 is 24.8 Å². The molecule has 2 amide bonds. The standard InChI is InChI=1S/C35H42N2O6/c1-23(2)19-30(33(39)43-35(3,4)5)36-32(38)31(22-41-20-24-13-7-6-8-14-24)37-34(40)42-21-29-27-17-11-9-15-25(27)26-16-10-12-18-28(26)29/h6-18,23,29-31H,19-22H2,1-5H3,(H,36,38)(H,37,40)/t30-,31-/m0/s1. The van der Waals surface area contributed by atoms with E-state index < -0.39 is 35.7 Å². The largest absolute Gasteiger partial charge is 0.458 e. The Labute approximate surface area is 254 Å². The van der Waals surface area contributed by atoms with Gasteiger partial charge in [0.15, 0.2) is 0 Å². The predicted molar refractivity (Wildman–Crippen MR) is 165 cm³/mol. The summed E-state index contributed by atoms with van der Waals surface area (Å²) in [5.41, 5.74) is 4.63. The maximum Gasteiger partial charge on any atom is 0.407 e. The lowest BCUT2D eigenvalue weighted by Crippen LogP contribution is -2.54. The van der Waals surface area contributed by atoms with Crippen LogP contribution in [0.3, 0.4) is 0 Å². The number of ether oxygens (including phenoxy) is 3. The highest BCUT2D eigenvalue weighted by Gasteiger charge is 2.32. The van der Waals surface area contributed by atoms with Crippen molar-refractivity contribution >= 4 is 18.0 Å². The molecule has 1 aliphatic carbocycles. The second kappa shape index (κ2) is 14.3. The Kier molecular flexibility index (Phi) is 10.6. The quantitative estimate of drug-likeness (QED) is 0.253. The third-order valence-corrected chi connectivity index (χ3v) is 7.06. The van der Waals surface area contributed by atoms with Crippen LogP contribution in [0.15, 0.2) is 78.9 Å². The minimum Gasteiger partial charge on any atom is -0.458 e. The van der Waals surface area contributed by atoms with Crippen LogP contribution in [0.5, 0.6) is 0 Å². The van der Waals surface area contributed by atoms with E-state index in [1.807, 2.05) is 80.6 Å². The number of amides is 2. The van der Waals surface area contributed by atoms with E-state index in [0.29, 0.717) is 6.42 Å². The van der Waals surface area contributed by atoms with Crippen molar-refractivity contribution in [3.63, 3.8) is 0 Å². The van der Waals surface area contributed by atoms with Crippen molar-refractivity contribution in [3.8, 4) is 11.1 Å². The maximum absolute atomic E-state index is 13.5. The summed E-state index contributed by atoms with van der Waals surface area (Å²) in [6.45, 7) is 9.48. The number of carbonyl (C=O) groups is 3. The van der Waals surface area contributed by atoms with E-state index in [-0.39, 0.29) is 31.7 Å². The molecule has 1 aliphatic rings. The van der Waals surface area contributed by atoms with Gasteiger partial charge in [-0.1, -0.05) is 92.7 Å². The Morgan fingerprint density at radius 1 is 0.791 bits per heavy atom. The van der Waals surface area contributed by atoms with Gasteiger partial charge in [-0.15, -0.1) is 0 Å².